The van der Waals surface area contributed by atoms with Gasteiger partial charge < -0.3 is 34.9 Å². The number of methoxy groups -OCH3 is 4. The van der Waals surface area contributed by atoms with Crippen molar-refractivity contribution in [2.45, 2.75) is 56.9 Å². The molecule has 0 saturated carbocycles. The minimum atomic E-state index is -0.525. The van der Waals surface area contributed by atoms with Crippen LogP contribution >= 0.6 is 0 Å². The van der Waals surface area contributed by atoms with Gasteiger partial charge in [0.15, 0.2) is 23.0 Å². The Morgan fingerprint density at radius 3 is 1.79 bits per heavy atom. The van der Waals surface area contributed by atoms with Crippen LogP contribution in [0.4, 0.5) is 0 Å². The first kappa shape index (κ1) is 26.2. The molecule has 0 unspecified atom stereocenters. The number of nitrogens with two attached hydrogens (primary N) is 1. The number of rotatable bonds is 5. The summed E-state index contributed by atoms with van der Waals surface area (Å²) in [6.07, 6.45) is 0.965. The zero-order chi connectivity index (χ0) is 27.6. The van der Waals surface area contributed by atoms with Gasteiger partial charge in [-0.05, 0) is 33.7 Å². The first-order valence-electron chi connectivity index (χ1n) is 12.7. The Kier molecular flexibility index (Phi) is 6.50. The fourth-order valence-corrected chi connectivity index (χ4v) is 7.45. The second-order valence-electron chi connectivity index (χ2n) is 10.3. The highest BCUT2D eigenvalue weighted by molar-refractivity contribution is 5.67. The highest BCUT2D eigenvalue weighted by Crippen LogP contribution is 2.58. The second-order valence-corrected chi connectivity index (χ2v) is 10.3. The van der Waals surface area contributed by atoms with Crippen molar-refractivity contribution in [1.29, 1.82) is 5.26 Å². The molecule has 1 fully saturated rings. The van der Waals surface area contributed by atoms with Gasteiger partial charge in [-0.3, -0.25) is 9.80 Å². The number of hydrogen-bond acceptors (Lipinski definition) is 10. The standard InChI is InChI=1S/C28H36N4O6/c1-12-25(35-4)14-9-17-22-21-15(26(36-5)13(2)28(38-7)24(21)34)8-16(31(22)3)18(10-29)32(17)19(11-30)20(14)23(33)27(12)37-6/h16-19,22,33-34H,8-9,11,30H2,1-7H3/t16-,17-,18-,19-,22-/m0/s1. The Morgan fingerprint density at radius 2 is 1.32 bits per heavy atom. The molecule has 0 aromatic heterocycles. The zero-order valence-electron chi connectivity index (χ0n) is 23.0. The fraction of sp³-hybridized carbons (Fsp3) is 0.536. The molecule has 0 amide bonds. The lowest BCUT2D eigenvalue weighted by Gasteiger charge is -2.60. The summed E-state index contributed by atoms with van der Waals surface area (Å²) >= 11 is 0. The number of likely N-dealkylation sites (N-methyl/N-ethyl adjacent to an activating group) is 1. The maximum Gasteiger partial charge on any atom is 0.167 e. The summed E-state index contributed by atoms with van der Waals surface area (Å²) in [5.41, 5.74) is 10.9. The van der Waals surface area contributed by atoms with Crippen LogP contribution in [0.25, 0.3) is 0 Å². The predicted molar refractivity (Wildman–Crippen MR) is 140 cm³/mol. The van der Waals surface area contributed by atoms with Gasteiger partial charge in [0.25, 0.3) is 0 Å². The maximum absolute atomic E-state index is 11.6. The Labute approximate surface area is 223 Å². The van der Waals surface area contributed by atoms with Crippen LogP contribution < -0.4 is 24.7 Å². The summed E-state index contributed by atoms with van der Waals surface area (Å²) < 4.78 is 22.9. The van der Waals surface area contributed by atoms with Crippen LogP contribution in [0, 0.1) is 25.2 Å². The predicted octanol–water partition coefficient (Wildman–Crippen LogP) is 2.48. The molecule has 4 N–H and O–H groups in total. The zero-order valence-corrected chi connectivity index (χ0v) is 23.0. The Morgan fingerprint density at radius 1 is 0.842 bits per heavy atom. The van der Waals surface area contributed by atoms with Gasteiger partial charge in [0.2, 0.25) is 0 Å². The van der Waals surface area contributed by atoms with Crippen molar-refractivity contribution in [3.05, 3.63) is 33.4 Å². The molecule has 10 heteroatoms. The molecule has 38 heavy (non-hydrogen) atoms. The molecule has 0 aliphatic carbocycles. The summed E-state index contributed by atoms with van der Waals surface area (Å²) in [4.78, 5) is 4.32. The third kappa shape index (κ3) is 3.22. The van der Waals surface area contributed by atoms with Gasteiger partial charge in [0.05, 0.1) is 46.6 Å². The Balaban J connectivity index is 1.82. The van der Waals surface area contributed by atoms with E-state index in [-0.39, 0.29) is 36.2 Å². The van der Waals surface area contributed by atoms with E-state index in [1.807, 2.05) is 20.9 Å². The lowest BCUT2D eigenvalue weighted by Crippen LogP contribution is -2.68. The summed E-state index contributed by atoms with van der Waals surface area (Å²) in [5.74, 6) is 2.13. The van der Waals surface area contributed by atoms with Crippen molar-refractivity contribution in [3.63, 3.8) is 0 Å². The smallest absolute Gasteiger partial charge is 0.167 e. The lowest BCUT2D eigenvalue weighted by molar-refractivity contribution is -0.0713. The van der Waals surface area contributed by atoms with Gasteiger partial charge >= 0.3 is 0 Å². The van der Waals surface area contributed by atoms with Gasteiger partial charge in [0.1, 0.15) is 17.5 Å². The van der Waals surface area contributed by atoms with Crippen LogP contribution in [0.5, 0.6) is 34.5 Å². The van der Waals surface area contributed by atoms with Crippen molar-refractivity contribution in [2.24, 2.45) is 5.73 Å². The molecule has 0 spiro atoms. The summed E-state index contributed by atoms with van der Waals surface area (Å²) in [6, 6.07) is 0.810. The monoisotopic (exact) mass is 524 g/mol. The molecule has 10 nitrogen and oxygen atoms in total. The maximum atomic E-state index is 11.6. The van der Waals surface area contributed by atoms with Crippen molar-refractivity contribution >= 4 is 0 Å². The number of benzene rings is 2. The molecular formula is C28H36N4O6. The first-order valence-corrected chi connectivity index (χ1v) is 12.7. The molecule has 2 aromatic rings. The summed E-state index contributed by atoms with van der Waals surface area (Å²) in [7, 11) is 8.26. The van der Waals surface area contributed by atoms with E-state index in [0.29, 0.717) is 47.0 Å². The number of piperazine rings is 1. The van der Waals surface area contributed by atoms with Gasteiger partial charge in [-0.25, -0.2) is 0 Å². The molecule has 0 radical (unpaired) electrons. The Hall–Kier alpha value is -3.39. The molecule has 3 aliphatic rings. The van der Waals surface area contributed by atoms with E-state index in [1.54, 1.807) is 14.2 Å². The number of phenols is 2. The number of phenolic OH excluding ortho intramolecular Hbond substituents is 2. The third-order valence-electron chi connectivity index (χ3n) is 8.88. The number of aromatic hydroxyl groups is 2. The number of nitriles is 1. The van der Waals surface area contributed by atoms with Crippen LogP contribution in [0.2, 0.25) is 0 Å². The third-order valence-corrected chi connectivity index (χ3v) is 8.88. The fourth-order valence-electron chi connectivity index (χ4n) is 7.45. The average Bonchev–Trinajstić information content (AvgIpc) is 2.89. The first-order chi connectivity index (χ1) is 18.2. The second kappa shape index (κ2) is 9.42. The number of ether oxygens (including phenoxy) is 4. The van der Waals surface area contributed by atoms with Crippen LogP contribution in [0.1, 0.15) is 45.5 Å². The Bertz CT molecular complexity index is 1340. The molecule has 204 valence electrons. The normalized spacial score (nSPS) is 26.0. The molecular weight excluding hydrogens is 488 g/mol. The van der Waals surface area contributed by atoms with E-state index in [0.717, 1.165) is 22.3 Å². The highest BCUT2D eigenvalue weighted by Gasteiger charge is 2.56. The lowest BCUT2D eigenvalue weighted by atomic mass is 9.71. The van der Waals surface area contributed by atoms with Crippen molar-refractivity contribution in [2.75, 3.05) is 42.0 Å². The average molecular weight is 525 g/mol. The number of hydrogen-bond donors (Lipinski definition) is 3. The number of fused-ring (bicyclic) bond motifs is 7. The topological polar surface area (TPSA) is 134 Å². The SMILES string of the molecule is COc1c(C)c(OC)c2c(c1O)[C@@H]1[C@@H]3Cc4c(OC)c(C)c(OC)c(O)c4[C@H](CN)N3[C@@H](C#N)[C@H](C2)N1C. The molecule has 5 rings (SSSR count). The molecule has 1 saturated heterocycles. The summed E-state index contributed by atoms with van der Waals surface area (Å²) in [6.45, 7) is 3.89. The van der Waals surface area contributed by atoms with Crippen LogP contribution in [0.15, 0.2) is 0 Å². The minimum absolute atomic E-state index is 0.0256. The van der Waals surface area contributed by atoms with Gasteiger partial charge in [-0.15, -0.1) is 0 Å². The summed E-state index contributed by atoms with van der Waals surface area (Å²) in [5, 5.41) is 33.5. The van der Waals surface area contributed by atoms with Crippen LogP contribution in [-0.2, 0) is 12.8 Å². The number of nitrogens with zero attached hydrogens (tertiary/aromatic N) is 3. The van der Waals surface area contributed by atoms with Gasteiger partial charge in [0, 0.05) is 52.0 Å². The van der Waals surface area contributed by atoms with E-state index in [4.69, 9.17) is 24.7 Å². The van der Waals surface area contributed by atoms with Crippen molar-refractivity contribution in [3.8, 4) is 40.6 Å². The van der Waals surface area contributed by atoms with E-state index in [9.17, 15) is 15.5 Å². The van der Waals surface area contributed by atoms with Crippen LogP contribution in [-0.4, -0.2) is 80.2 Å². The van der Waals surface area contributed by atoms with Gasteiger partial charge in [-0.1, -0.05) is 0 Å². The molecule has 5 atom stereocenters. The van der Waals surface area contributed by atoms with E-state index in [2.05, 4.69) is 15.9 Å². The van der Waals surface area contributed by atoms with Crippen molar-refractivity contribution < 1.29 is 29.2 Å². The van der Waals surface area contributed by atoms with Crippen molar-refractivity contribution in [1.82, 2.24) is 9.80 Å². The van der Waals surface area contributed by atoms with E-state index < -0.39 is 12.1 Å². The van der Waals surface area contributed by atoms with E-state index in [1.165, 1.54) is 14.2 Å². The highest BCUT2D eigenvalue weighted by atomic mass is 16.5. The molecule has 3 aliphatic heterocycles. The molecule has 3 heterocycles. The molecule has 2 bridgehead atoms. The largest absolute Gasteiger partial charge is 0.504 e. The quantitative estimate of drug-likeness (QED) is 0.536. The van der Waals surface area contributed by atoms with Crippen LogP contribution in [0.3, 0.4) is 0 Å². The molecule has 2 aromatic carbocycles. The van der Waals surface area contributed by atoms with Gasteiger partial charge in [-0.2, -0.15) is 5.26 Å². The van der Waals surface area contributed by atoms with E-state index >= 15 is 0 Å². The minimum Gasteiger partial charge on any atom is -0.504 e.